The lowest BCUT2D eigenvalue weighted by atomic mass is 9.96. The summed E-state index contributed by atoms with van der Waals surface area (Å²) in [5.41, 5.74) is 0.722. The van der Waals surface area contributed by atoms with Crippen molar-refractivity contribution >= 4 is 22.4 Å². The Morgan fingerprint density at radius 2 is 2.14 bits per heavy atom. The zero-order valence-corrected chi connectivity index (χ0v) is 14.2. The lowest BCUT2D eigenvalue weighted by Crippen LogP contribution is -2.19. The van der Waals surface area contributed by atoms with Gasteiger partial charge in [0.1, 0.15) is 0 Å². The first kappa shape index (κ1) is 16.6. The molecule has 2 aromatic rings. The van der Waals surface area contributed by atoms with Crippen LogP contribution in [0.15, 0.2) is 9.90 Å². The van der Waals surface area contributed by atoms with Gasteiger partial charge in [0.25, 0.3) is 0 Å². The highest BCUT2D eigenvalue weighted by Gasteiger charge is 2.23. The molecule has 0 aliphatic carbocycles. The average Bonchev–Trinajstić information content (AvgIpc) is 3.03. The Labute approximate surface area is 133 Å². The van der Waals surface area contributed by atoms with E-state index in [0.717, 1.165) is 5.69 Å². The van der Waals surface area contributed by atoms with Crippen LogP contribution in [0.4, 0.5) is 5.13 Å². The number of hydrogen-bond donors (Lipinski definition) is 2. The number of hydrogen-bond acceptors (Lipinski definition) is 7. The summed E-state index contributed by atoms with van der Waals surface area (Å²) in [6.45, 7) is 10.1. The molecular formula is C14H21N5O2S. The summed E-state index contributed by atoms with van der Waals surface area (Å²) in [6.07, 6.45) is 0. The van der Waals surface area contributed by atoms with Gasteiger partial charge in [-0.25, -0.2) is 4.98 Å². The van der Waals surface area contributed by atoms with Gasteiger partial charge in [-0.1, -0.05) is 25.9 Å². The highest BCUT2D eigenvalue weighted by molar-refractivity contribution is 7.13. The van der Waals surface area contributed by atoms with Crippen LogP contribution < -0.4 is 10.6 Å². The Morgan fingerprint density at radius 1 is 1.41 bits per heavy atom. The molecule has 22 heavy (non-hydrogen) atoms. The number of nitrogens with zero attached hydrogens (tertiary/aromatic N) is 3. The molecule has 0 aliphatic heterocycles. The monoisotopic (exact) mass is 323 g/mol. The molecule has 0 aliphatic rings. The number of carbonyl (C=O) groups excluding carboxylic acids is 1. The third-order valence-corrected chi connectivity index (χ3v) is 3.71. The molecule has 2 aromatic heterocycles. The van der Waals surface area contributed by atoms with Gasteiger partial charge in [0.05, 0.1) is 11.7 Å². The number of rotatable bonds is 5. The largest absolute Gasteiger partial charge is 0.338 e. The summed E-state index contributed by atoms with van der Waals surface area (Å²) in [5, 5.41) is 12.5. The Balaban J connectivity index is 1.92. The van der Waals surface area contributed by atoms with Gasteiger partial charge in [-0.15, -0.1) is 11.3 Å². The molecule has 0 bridgehead atoms. The normalized spacial score (nSPS) is 13.1. The zero-order valence-electron chi connectivity index (χ0n) is 13.4. The van der Waals surface area contributed by atoms with Crippen LogP contribution >= 0.6 is 11.3 Å². The van der Waals surface area contributed by atoms with Crippen molar-refractivity contribution in [2.75, 3.05) is 5.32 Å². The summed E-state index contributed by atoms with van der Waals surface area (Å²) < 4.78 is 5.30. The number of carbonyl (C=O) groups is 1. The van der Waals surface area contributed by atoms with E-state index < -0.39 is 0 Å². The van der Waals surface area contributed by atoms with Crippen LogP contribution in [-0.2, 0) is 16.8 Å². The molecule has 0 saturated heterocycles. The Morgan fingerprint density at radius 3 is 2.73 bits per heavy atom. The van der Waals surface area contributed by atoms with Crippen molar-refractivity contribution in [3.05, 3.63) is 22.8 Å². The second-order valence-corrected chi connectivity index (χ2v) is 6.99. The summed E-state index contributed by atoms with van der Waals surface area (Å²) >= 11 is 1.40. The third kappa shape index (κ3) is 4.35. The third-order valence-electron chi connectivity index (χ3n) is 2.91. The topological polar surface area (TPSA) is 92.9 Å². The van der Waals surface area contributed by atoms with Gasteiger partial charge in [0.2, 0.25) is 11.8 Å². The van der Waals surface area contributed by atoms with Gasteiger partial charge in [0.15, 0.2) is 11.0 Å². The summed E-state index contributed by atoms with van der Waals surface area (Å²) in [6, 6.07) is -0.0745. The maximum atomic E-state index is 11.0. The molecule has 2 heterocycles. The smallest absolute Gasteiger partial charge is 0.243 e. The van der Waals surface area contributed by atoms with E-state index in [-0.39, 0.29) is 17.4 Å². The van der Waals surface area contributed by atoms with Crippen molar-refractivity contribution in [2.45, 2.75) is 52.6 Å². The zero-order chi connectivity index (χ0) is 16.3. The van der Waals surface area contributed by atoms with E-state index >= 15 is 0 Å². The summed E-state index contributed by atoms with van der Waals surface area (Å²) in [4.78, 5) is 19.7. The van der Waals surface area contributed by atoms with E-state index in [1.807, 2.05) is 33.1 Å². The first-order valence-electron chi connectivity index (χ1n) is 7.05. The number of nitrogens with one attached hydrogen (secondary N) is 2. The van der Waals surface area contributed by atoms with Crippen LogP contribution in [0.3, 0.4) is 0 Å². The van der Waals surface area contributed by atoms with E-state index in [1.54, 1.807) is 0 Å². The van der Waals surface area contributed by atoms with Crippen LogP contribution in [0.2, 0.25) is 0 Å². The van der Waals surface area contributed by atoms with Gasteiger partial charge in [-0.05, 0) is 6.92 Å². The van der Waals surface area contributed by atoms with Crippen LogP contribution in [-0.4, -0.2) is 21.0 Å². The maximum Gasteiger partial charge on any atom is 0.243 e. The van der Waals surface area contributed by atoms with Gasteiger partial charge in [-0.3, -0.25) is 4.79 Å². The van der Waals surface area contributed by atoms with Gasteiger partial charge >= 0.3 is 0 Å². The van der Waals surface area contributed by atoms with Crippen LogP contribution in [0.1, 0.15) is 58.1 Å². The fourth-order valence-corrected chi connectivity index (χ4v) is 2.41. The Kier molecular flexibility index (Phi) is 4.92. The quantitative estimate of drug-likeness (QED) is 0.878. The predicted octanol–water partition coefficient (Wildman–Crippen LogP) is 2.63. The van der Waals surface area contributed by atoms with E-state index in [0.29, 0.717) is 23.4 Å². The molecule has 7 nitrogen and oxygen atoms in total. The van der Waals surface area contributed by atoms with Gasteiger partial charge in [0, 0.05) is 24.3 Å². The number of anilines is 1. The van der Waals surface area contributed by atoms with Gasteiger partial charge in [-0.2, -0.15) is 4.98 Å². The molecule has 2 rings (SSSR count). The molecule has 1 amide bonds. The minimum absolute atomic E-state index is 0.0745. The van der Waals surface area contributed by atoms with Crippen LogP contribution in [0.5, 0.6) is 0 Å². The van der Waals surface area contributed by atoms with E-state index in [1.165, 1.54) is 18.3 Å². The molecule has 0 fully saturated rings. The fourth-order valence-electron chi connectivity index (χ4n) is 1.66. The molecule has 1 atom stereocenters. The summed E-state index contributed by atoms with van der Waals surface area (Å²) in [5.74, 6) is 1.13. The van der Waals surface area contributed by atoms with E-state index in [2.05, 4.69) is 25.8 Å². The molecule has 0 spiro atoms. The maximum absolute atomic E-state index is 11.0. The second kappa shape index (κ2) is 6.53. The lowest BCUT2D eigenvalue weighted by Gasteiger charge is -2.11. The van der Waals surface area contributed by atoms with E-state index in [9.17, 15) is 4.79 Å². The van der Waals surface area contributed by atoms with E-state index in [4.69, 9.17) is 4.52 Å². The van der Waals surface area contributed by atoms with Crippen molar-refractivity contribution in [2.24, 2.45) is 0 Å². The molecule has 8 heteroatoms. The molecule has 0 radical (unpaired) electrons. The van der Waals surface area contributed by atoms with Crippen molar-refractivity contribution in [3.63, 3.8) is 0 Å². The molecular weight excluding hydrogens is 302 g/mol. The number of aromatic nitrogens is 3. The summed E-state index contributed by atoms with van der Waals surface area (Å²) in [7, 11) is 0. The standard InChI is InChI=1S/C14H21N5O2S/c1-8(11-18-12(19-21-11)14(3,4)5)15-6-10-7-22-13(17-10)16-9(2)20/h7-8,15H,6H2,1-5H3,(H,16,17,20)/t8-/m0/s1. The van der Waals surface area contributed by atoms with Crippen LogP contribution in [0, 0.1) is 0 Å². The highest BCUT2D eigenvalue weighted by Crippen LogP contribution is 2.21. The lowest BCUT2D eigenvalue weighted by molar-refractivity contribution is -0.114. The first-order chi connectivity index (χ1) is 10.3. The number of thiazole rings is 1. The highest BCUT2D eigenvalue weighted by atomic mass is 32.1. The molecule has 120 valence electrons. The molecule has 2 N–H and O–H groups in total. The minimum atomic E-state index is -0.135. The first-order valence-corrected chi connectivity index (χ1v) is 7.93. The van der Waals surface area contributed by atoms with Gasteiger partial charge < -0.3 is 15.2 Å². The molecule has 0 saturated carbocycles. The van der Waals surface area contributed by atoms with Crippen molar-refractivity contribution in [1.29, 1.82) is 0 Å². The fraction of sp³-hybridized carbons (Fsp3) is 0.571. The predicted molar refractivity (Wildman–Crippen MR) is 84.7 cm³/mol. The second-order valence-electron chi connectivity index (χ2n) is 6.13. The average molecular weight is 323 g/mol. The SMILES string of the molecule is CC(=O)Nc1nc(CN[C@@H](C)c2nc(C(C)(C)C)no2)cs1. The number of amides is 1. The van der Waals surface area contributed by atoms with Crippen molar-refractivity contribution in [3.8, 4) is 0 Å². The van der Waals surface area contributed by atoms with Crippen molar-refractivity contribution in [1.82, 2.24) is 20.4 Å². The molecule has 0 unspecified atom stereocenters. The Hall–Kier alpha value is -1.80. The minimum Gasteiger partial charge on any atom is -0.338 e. The molecule has 0 aromatic carbocycles. The van der Waals surface area contributed by atoms with Crippen LogP contribution in [0.25, 0.3) is 0 Å². The Bertz CT molecular complexity index is 644. The van der Waals surface area contributed by atoms with Crippen molar-refractivity contribution < 1.29 is 9.32 Å².